The van der Waals surface area contributed by atoms with Crippen molar-refractivity contribution in [3.8, 4) is 5.69 Å². The molecular formula is C17H24N4O. The van der Waals surface area contributed by atoms with Crippen LogP contribution in [0.3, 0.4) is 0 Å². The average Bonchev–Trinajstić information content (AvgIpc) is 2.85. The summed E-state index contributed by atoms with van der Waals surface area (Å²) in [7, 11) is 0. The summed E-state index contributed by atoms with van der Waals surface area (Å²) in [6.07, 6.45) is 3.25. The Kier molecular flexibility index (Phi) is 5.31. The van der Waals surface area contributed by atoms with Gasteiger partial charge in [-0.25, -0.2) is 0 Å². The van der Waals surface area contributed by atoms with Crippen LogP contribution in [0.1, 0.15) is 53.5 Å². The fourth-order valence-corrected chi connectivity index (χ4v) is 2.39. The predicted octanol–water partition coefficient (Wildman–Crippen LogP) is 3.11. The summed E-state index contributed by atoms with van der Waals surface area (Å²) in [6.45, 7) is 8.71. The molecule has 0 aliphatic heterocycles. The van der Waals surface area contributed by atoms with Gasteiger partial charge in [-0.2, -0.15) is 9.90 Å². The molecule has 5 nitrogen and oxygen atoms in total. The zero-order valence-electron chi connectivity index (χ0n) is 13.8. The smallest absolute Gasteiger partial charge is 0.273 e. The number of nitrogens with one attached hydrogen (secondary N) is 1. The lowest BCUT2D eigenvalue weighted by Gasteiger charge is -2.05. The minimum absolute atomic E-state index is 0.149. The Balaban J connectivity index is 2.15. The second kappa shape index (κ2) is 7.20. The van der Waals surface area contributed by atoms with Crippen molar-refractivity contribution in [3.05, 3.63) is 40.7 Å². The van der Waals surface area contributed by atoms with Gasteiger partial charge >= 0.3 is 0 Å². The van der Waals surface area contributed by atoms with Gasteiger partial charge in [-0.05, 0) is 38.8 Å². The van der Waals surface area contributed by atoms with Crippen LogP contribution in [-0.2, 0) is 0 Å². The lowest BCUT2D eigenvalue weighted by Crippen LogP contribution is -2.25. The highest BCUT2D eigenvalue weighted by atomic mass is 16.2. The molecule has 118 valence electrons. The van der Waals surface area contributed by atoms with Crippen molar-refractivity contribution in [3.63, 3.8) is 0 Å². The lowest BCUT2D eigenvalue weighted by molar-refractivity contribution is 0.0947. The molecule has 0 fully saturated rings. The van der Waals surface area contributed by atoms with Gasteiger partial charge in [0.1, 0.15) is 0 Å². The number of nitrogens with zero attached hydrogens (tertiary/aromatic N) is 3. The number of hydrogen-bond acceptors (Lipinski definition) is 3. The SMILES string of the molecule is CCCCCNC(=O)c1nn(-c2ccc(C)cc2C)nc1C. The minimum atomic E-state index is -0.149. The van der Waals surface area contributed by atoms with E-state index in [2.05, 4.69) is 28.5 Å². The van der Waals surface area contributed by atoms with E-state index in [1.165, 1.54) is 5.56 Å². The summed E-state index contributed by atoms with van der Waals surface area (Å²) in [5.74, 6) is -0.149. The molecule has 1 heterocycles. The molecule has 0 spiro atoms. The van der Waals surface area contributed by atoms with E-state index in [1.54, 1.807) is 4.80 Å². The molecule has 0 radical (unpaired) electrons. The van der Waals surface area contributed by atoms with E-state index in [0.29, 0.717) is 17.9 Å². The van der Waals surface area contributed by atoms with Gasteiger partial charge in [0.25, 0.3) is 5.91 Å². The Morgan fingerprint density at radius 2 is 1.95 bits per heavy atom. The summed E-state index contributed by atoms with van der Waals surface area (Å²) < 4.78 is 0. The van der Waals surface area contributed by atoms with Gasteiger partial charge in [0, 0.05) is 6.54 Å². The number of hydrogen-bond donors (Lipinski definition) is 1. The number of carbonyl (C=O) groups is 1. The minimum Gasteiger partial charge on any atom is -0.351 e. The average molecular weight is 300 g/mol. The first-order valence-electron chi connectivity index (χ1n) is 7.82. The van der Waals surface area contributed by atoms with Crippen LogP contribution in [0, 0.1) is 20.8 Å². The first-order valence-corrected chi connectivity index (χ1v) is 7.82. The maximum Gasteiger partial charge on any atom is 0.273 e. The van der Waals surface area contributed by atoms with E-state index in [-0.39, 0.29) is 5.91 Å². The summed E-state index contributed by atoms with van der Waals surface area (Å²) in [4.78, 5) is 13.7. The van der Waals surface area contributed by atoms with Crippen LogP contribution in [0.25, 0.3) is 5.69 Å². The number of rotatable bonds is 6. The summed E-state index contributed by atoms with van der Waals surface area (Å²) in [5.41, 5.74) is 4.23. The molecule has 1 aromatic heterocycles. The monoisotopic (exact) mass is 300 g/mol. The molecule has 1 amide bonds. The summed E-state index contributed by atoms with van der Waals surface area (Å²) >= 11 is 0. The highest BCUT2D eigenvalue weighted by Crippen LogP contribution is 2.15. The lowest BCUT2D eigenvalue weighted by atomic mass is 10.1. The molecule has 2 rings (SSSR count). The maximum absolute atomic E-state index is 12.2. The fraction of sp³-hybridized carbons (Fsp3) is 0.471. The Hall–Kier alpha value is -2.17. The molecule has 0 saturated heterocycles. The normalized spacial score (nSPS) is 10.7. The highest BCUT2D eigenvalue weighted by Gasteiger charge is 2.16. The fourth-order valence-electron chi connectivity index (χ4n) is 2.39. The van der Waals surface area contributed by atoms with E-state index in [9.17, 15) is 4.79 Å². The van der Waals surface area contributed by atoms with E-state index >= 15 is 0 Å². The van der Waals surface area contributed by atoms with Crippen molar-refractivity contribution in [2.45, 2.75) is 47.0 Å². The van der Waals surface area contributed by atoms with Gasteiger partial charge in [-0.1, -0.05) is 37.5 Å². The van der Waals surface area contributed by atoms with Gasteiger partial charge in [0.2, 0.25) is 0 Å². The molecule has 2 aromatic rings. The largest absolute Gasteiger partial charge is 0.351 e. The number of carbonyl (C=O) groups excluding carboxylic acids is 1. The van der Waals surface area contributed by atoms with Gasteiger partial charge in [-0.3, -0.25) is 4.79 Å². The van der Waals surface area contributed by atoms with Crippen molar-refractivity contribution in [1.82, 2.24) is 20.3 Å². The third-order valence-electron chi connectivity index (χ3n) is 3.63. The van der Waals surface area contributed by atoms with Crippen LogP contribution >= 0.6 is 0 Å². The highest BCUT2D eigenvalue weighted by molar-refractivity contribution is 5.93. The number of aromatic nitrogens is 3. The topological polar surface area (TPSA) is 59.8 Å². The van der Waals surface area contributed by atoms with Crippen LogP contribution in [0.5, 0.6) is 0 Å². The number of aryl methyl sites for hydroxylation is 3. The molecule has 0 aliphatic rings. The first kappa shape index (κ1) is 16.2. The summed E-state index contributed by atoms with van der Waals surface area (Å²) in [5, 5.41) is 11.7. The Bertz CT molecular complexity index is 661. The van der Waals surface area contributed by atoms with Crippen molar-refractivity contribution >= 4 is 5.91 Å². The molecule has 1 N–H and O–H groups in total. The van der Waals surface area contributed by atoms with Crippen LogP contribution in [0.15, 0.2) is 18.2 Å². The molecule has 5 heteroatoms. The van der Waals surface area contributed by atoms with E-state index in [1.807, 2.05) is 32.9 Å². The number of benzene rings is 1. The van der Waals surface area contributed by atoms with Crippen LogP contribution in [-0.4, -0.2) is 27.4 Å². The number of amides is 1. The van der Waals surface area contributed by atoms with Gasteiger partial charge in [-0.15, -0.1) is 5.10 Å². The predicted molar refractivity (Wildman–Crippen MR) is 87.4 cm³/mol. The van der Waals surface area contributed by atoms with E-state index < -0.39 is 0 Å². The summed E-state index contributed by atoms with van der Waals surface area (Å²) in [6, 6.07) is 6.08. The quantitative estimate of drug-likeness (QED) is 0.834. The zero-order valence-corrected chi connectivity index (χ0v) is 13.8. The molecular weight excluding hydrogens is 276 g/mol. The second-order valence-electron chi connectivity index (χ2n) is 5.68. The van der Waals surface area contributed by atoms with Crippen LogP contribution in [0.4, 0.5) is 0 Å². The second-order valence-corrected chi connectivity index (χ2v) is 5.68. The first-order chi connectivity index (χ1) is 10.5. The Morgan fingerprint density at radius 3 is 2.64 bits per heavy atom. The molecule has 0 aliphatic carbocycles. The van der Waals surface area contributed by atoms with Crippen molar-refractivity contribution in [1.29, 1.82) is 0 Å². The maximum atomic E-state index is 12.2. The van der Waals surface area contributed by atoms with Crippen molar-refractivity contribution in [2.75, 3.05) is 6.54 Å². The third kappa shape index (κ3) is 3.72. The van der Waals surface area contributed by atoms with E-state index in [4.69, 9.17) is 0 Å². The number of unbranched alkanes of at least 4 members (excludes halogenated alkanes) is 2. The molecule has 1 aromatic carbocycles. The van der Waals surface area contributed by atoms with Gasteiger partial charge in [0.05, 0.1) is 11.4 Å². The van der Waals surface area contributed by atoms with E-state index in [0.717, 1.165) is 30.5 Å². The van der Waals surface area contributed by atoms with Crippen LogP contribution < -0.4 is 5.32 Å². The van der Waals surface area contributed by atoms with Crippen molar-refractivity contribution < 1.29 is 4.79 Å². The molecule has 0 unspecified atom stereocenters. The van der Waals surface area contributed by atoms with Gasteiger partial charge in [0.15, 0.2) is 5.69 Å². The molecule has 0 bridgehead atoms. The van der Waals surface area contributed by atoms with Crippen molar-refractivity contribution in [2.24, 2.45) is 0 Å². The third-order valence-corrected chi connectivity index (χ3v) is 3.63. The molecule has 22 heavy (non-hydrogen) atoms. The standard InChI is InChI=1S/C17H24N4O/c1-5-6-7-10-18-17(22)16-14(4)19-21(20-16)15-9-8-12(2)11-13(15)3/h8-9,11H,5-7,10H2,1-4H3,(H,18,22). The Morgan fingerprint density at radius 1 is 1.18 bits per heavy atom. The Labute approximate surface area is 131 Å². The van der Waals surface area contributed by atoms with Gasteiger partial charge < -0.3 is 5.32 Å². The molecule has 0 saturated carbocycles. The zero-order chi connectivity index (χ0) is 16.1. The molecule has 0 atom stereocenters. The van der Waals surface area contributed by atoms with Crippen LogP contribution in [0.2, 0.25) is 0 Å².